The summed E-state index contributed by atoms with van der Waals surface area (Å²) in [6, 6.07) is 17.6. The molecule has 0 unspecified atom stereocenters. The molecule has 2 aromatic carbocycles. The molecule has 4 rings (SSSR count). The van der Waals surface area contributed by atoms with Crippen molar-refractivity contribution in [1.29, 1.82) is 0 Å². The van der Waals surface area contributed by atoms with Crippen molar-refractivity contribution < 1.29 is 9.59 Å². The van der Waals surface area contributed by atoms with Gasteiger partial charge in [0.15, 0.2) is 5.78 Å². The molecule has 1 aliphatic heterocycles. The summed E-state index contributed by atoms with van der Waals surface area (Å²) in [5, 5.41) is 6.28. The van der Waals surface area contributed by atoms with Crippen LogP contribution in [0.15, 0.2) is 65.9 Å². The smallest absolute Gasteiger partial charge is 0.239 e. The summed E-state index contributed by atoms with van der Waals surface area (Å²) in [6.45, 7) is 4.43. The number of likely N-dealkylation sites (N-methyl/N-ethyl adjacent to an activating group) is 1. The third-order valence-electron chi connectivity index (χ3n) is 5.71. The summed E-state index contributed by atoms with van der Waals surface area (Å²) < 4.78 is 0. The van der Waals surface area contributed by atoms with E-state index in [0.29, 0.717) is 6.42 Å². The topological polar surface area (TPSA) is 61.4 Å². The second-order valence-corrected chi connectivity index (χ2v) is 8.59. The zero-order chi connectivity index (χ0) is 20.6. The quantitative estimate of drug-likeness (QED) is 0.831. The number of carbonyl (C=O) groups excluding carboxylic acids is 2. The number of benzene rings is 2. The molecular formula is C24H27N3O2. The Morgan fingerprint density at radius 2 is 1.79 bits per heavy atom. The largest absolute Gasteiger partial charge is 0.358 e. The molecule has 0 aromatic heterocycles. The minimum absolute atomic E-state index is 0.0895. The fourth-order valence-corrected chi connectivity index (χ4v) is 4.44. The van der Waals surface area contributed by atoms with Crippen molar-refractivity contribution in [2.45, 2.75) is 32.7 Å². The summed E-state index contributed by atoms with van der Waals surface area (Å²) >= 11 is 0. The minimum Gasteiger partial charge on any atom is -0.358 e. The number of anilines is 2. The van der Waals surface area contributed by atoms with Crippen LogP contribution in [0, 0.1) is 5.41 Å². The lowest BCUT2D eigenvalue weighted by Gasteiger charge is -2.37. The van der Waals surface area contributed by atoms with Gasteiger partial charge in [0.2, 0.25) is 5.91 Å². The second kappa shape index (κ2) is 7.39. The number of hydrogen-bond donors (Lipinski definition) is 2. The van der Waals surface area contributed by atoms with Crippen molar-refractivity contribution in [3.63, 3.8) is 0 Å². The van der Waals surface area contributed by atoms with Crippen LogP contribution in [0.25, 0.3) is 0 Å². The van der Waals surface area contributed by atoms with Crippen LogP contribution in [0.5, 0.6) is 0 Å². The highest BCUT2D eigenvalue weighted by molar-refractivity contribution is 6.01. The van der Waals surface area contributed by atoms with Crippen molar-refractivity contribution in [2.24, 2.45) is 5.41 Å². The lowest BCUT2D eigenvalue weighted by molar-refractivity contribution is -0.120. The number of Topliss-reactive ketones (excluding diaryl/α,β-unsaturated/α-hetero) is 1. The molecule has 0 fully saturated rings. The average Bonchev–Trinajstić information content (AvgIpc) is 2.82. The van der Waals surface area contributed by atoms with Crippen LogP contribution < -0.4 is 15.5 Å². The van der Waals surface area contributed by atoms with E-state index in [0.717, 1.165) is 34.6 Å². The Hall–Kier alpha value is -3.08. The van der Waals surface area contributed by atoms with E-state index in [-0.39, 0.29) is 29.7 Å². The molecule has 0 radical (unpaired) electrons. The molecular weight excluding hydrogens is 362 g/mol. The van der Waals surface area contributed by atoms with Gasteiger partial charge in [0.05, 0.1) is 24.0 Å². The second-order valence-electron chi connectivity index (χ2n) is 8.59. The van der Waals surface area contributed by atoms with Gasteiger partial charge in [0, 0.05) is 24.7 Å². The van der Waals surface area contributed by atoms with Crippen molar-refractivity contribution >= 4 is 23.1 Å². The van der Waals surface area contributed by atoms with E-state index >= 15 is 0 Å². The predicted molar refractivity (Wildman–Crippen MR) is 116 cm³/mol. The third-order valence-corrected chi connectivity index (χ3v) is 5.71. The molecule has 0 saturated carbocycles. The molecule has 2 N–H and O–H groups in total. The zero-order valence-corrected chi connectivity index (χ0v) is 17.2. The van der Waals surface area contributed by atoms with E-state index in [4.69, 9.17) is 0 Å². The summed E-state index contributed by atoms with van der Waals surface area (Å²) in [6.07, 6.45) is 1.29. The van der Waals surface area contributed by atoms with E-state index < -0.39 is 0 Å². The van der Waals surface area contributed by atoms with E-state index in [2.05, 4.69) is 29.4 Å². The molecule has 5 nitrogen and oxygen atoms in total. The first kappa shape index (κ1) is 19.2. The Morgan fingerprint density at radius 1 is 1.10 bits per heavy atom. The first-order valence-corrected chi connectivity index (χ1v) is 10.0. The SMILES string of the molecule is CNC(=O)CN1c2ccccc2NC2=C(C(=O)CC(C)(C)C2)[C@H]1c1ccccc1. The number of carbonyl (C=O) groups is 2. The van der Waals surface area contributed by atoms with Gasteiger partial charge in [0.1, 0.15) is 0 Å². The molecule has 1 amide bonds. The molecule has 150 valence electrons. The maximum Gasteiger partial charge on any atom is 0.239 e. The van der Waals surface area contributed by atoms with E-state index in [1.54, 1.807) is 7.05 Å². The van der Waals surface area contributed by atoms with Crippen LogP contribution in [-0.2, 0) is 9.59 Å². The summed E-state index contributed by atoms with van der Waals surface area (Å²) in [5.74, 6) is 0.0562. The normalized spacial score (nSPS) is 20.3. The molecule has 29 heavy (non-hydrogen) atoms. The zero-order valence-electron chi connectivity index (χ0n) is 17.2. The molecule has 2 aromatic rings. The number of nitrogens with one attached hydrogen (secondary N) is 2. The molecule has 1 aliphatic carbocycles. The third kappa shape index (κ3) is 3.65. The number of hydrogen-bond acceptors (Lipinski definition) is 4. The minimum atomic E-state index is -0.316. The van der Waals surface area contributed by atoms with Gasteiger partial charge in [-0.25, -0.2) is 0 Å². The van der Waals surface area contributed by atoms with Crippen LogP contribution >= 0.6 is 0 Å². The lowest BCUT2D eigenvalue weighted by atomic mass is 9.73. The van der Waals surface area contributed by atoms with Crippen molar-refractivity contribution in [1.82, 2.24) is 5.32 Å². The van der Waals surface area contributed by atoms with Crippen molar-refractivity contribution in [3.8, 4) is 0 Å². The van der Waals surface area contributed by atoms with Gasteiger partial charge in [-0.2, -0.15) is 0 Å². The molecule has 0 bridgehead atoms. The molecule has 0 saturated heterocycles. The maximum absolute atomic E-state index is 13.4. The van der Waals surface area contributed by atoms with Crippen LogP contribution in [0.3, 0.4) is 0 Å². The summed E-state index contributed by atoms with van der Waals surface area (Å²) in [4.78, 5) is 27.9. The van der Waals surface area contributed by atoms with Crippen LogP contribution in [0.2, 0.25) is 0 Å². The highest BCUT2D eigenvalue weighted by Gasteiger charge is 2.41. The van der Waals surface area contributed by atoms with Crippen LogP contribution in [-0.4, -0.2) is 25.3 Å². The lowest BCUT2D eigenvalue weighted by Crippen LogP contribution is -2.41. The maximum atomic E-state index is 13.4. The highest BCUT2D eigenvalue weighted by atomic mass is 16.2. The molecule has 5 heteroatoms. The van der Waals surface area contributed by atoms with Gasteiger partial charge in [-0.15, -0.1) is 0 Å². The Balaban J connectivity index is 1.96. The number of fused-ring (bicyclic) bond motifs is 1. The Morgan fingerprint density at radius 3 is 2.52 bits per heavy atom. The summed E-state index contributed by atoms with van der Waals surface area (Å²) in [5.41, 5.74) is 4.49. The highest BCUT2D eigenvalue weighted by Crippen LogP contribution is 2.47. The first-order valence-electron chi connectivity index (χ1n) is 10.0. The number of para-hydroxylation sites is 2. The fraction of sp³-hybridized carbons (Fsp3) is 0.333. The average molecular weight is 389 g/mol. The predicted octanol–water partition coefficient (Wildman–Crippen LogP) is 4.05. The number of amides is 1. The molecule has 0 spiro atoms. The number of nitrogens with zero attached hydrogens (tertiary/aromatic N) is 1. The Bertz CT molecular complexity index is 979. The molecule has 1 atom stereocenters. The monoisotopic (exact) mass is 389 g/mol. The van der Waals surface area contributed by atoms with Gasteiger partial charge in [-0.05, 0) is 29.5 Å². The number of ketones is 1. The molecule has 2 aliphatic rings. The molecule has 1 heterocycles. The Labute approximate surface area is 171 Å². The van der Waals surface area contributed by atoms with Gasteiger partial charge in [-0.1, -0.05) is 56.3 Å². The van der Waals surface area contributed by atoms with Gasteiger partial charge >= 0.3 is 0 Å². The van der Waals surface area contributed by atoms with E-state index in [1.165, 1.54) is 0 Å². The summed E-state index contributed by atoms with van der Waals surface area (Å²) in [7, 11) is 1.64. The number of allylic oxidation sites excluding steroid dienone is 1. The van der Waals surface area contributed by atoms with Crippen LogP contribution in [0.4, 0.5) is 11.4 Å². The Kier molecular flexibility index (Phi) is 4.91. The van der Waals surface area contributed by atoms with Gasteiger partial charge in [0.25, 0.3) is 0 Å². The standard InChI is InChI=1S/C24H27N3O2/c1-24(2)13-18-22(20(28)14-24)23(16-9-5-4-6-10-16)27(15-21(29)25-3)19-12-8-7-11-17(19)26-18/h4-12,23,26H,13-15H2,1-3H3,(H,25,29)/t23-/m1/s1. The van der Waals surface area contributed by atoms with Crippen molar-refractivity contribution in [2.75, 3.05) is 23.8 Å². The fourth-order valence-electron chi connectivity index (χ4n) is 4.44. The first-order chi connectivity index (χ1) is 13.9. The number of rotatable bonds is 3. The van der Waals surface area contributed by atoms with Gasteiger partial charge in [-0.3, -0.25) is 9.59 Å². The van der Waals surface area contributed by atoms with Crippen molar-refractivity contribution in [3.05, 3.63) is 71.4 Å². The van der Waals surface area contributed by atoms with Gasteiger partial charge < -0.3 is 15.5 Å². The van der Waals surface area contributed by atoms with Crippen LogP contribution in [0.1, 0.15) is 38.3 Å². The van der Waals surface area contributed by atoms with E-state index in [9.17, 15) is 9.59 Å². The van der Waals surface area contributed by atoms with E-state index in [1.807, 2.05) is 54.6 Å².